The molecule has 0 spiro atoms. The Kier molecular flexibility index (Phi) is 5.01. The van der Waals surface area contributed by atoms with Crippen LogP contribution in [0, 0.1) is 0 Å². The Balaban J connectivity index is 2.04. The van der Waals surface area contributed by atoms with Crippen LogP contribution in [0.4, 0.5) is 5.69 Å². The number of anilines is 1. The molecule has 1 fully saturated rings. The van der Waals surface area contributed by atoms with Gasteiger partial charge in [0.25, 0.3) is 0 Å². The van der Waals surface area contributed by atoms with Gasteiger partial charge in [0.05, 0.1) is 5.69 Å². The molecule has 2 rings (SSSR count). The molecule has 1 atom stereocenters. The van der Waals surface area contributed by atoms with E-state index < -0.39 is 10.0 Å². The van der Waals surface area contributed by atoms with Crippen molar-refractivity contribution < 1.29 is 8.42 Å². The maximum atomic E-state index is 12.2. The van der Waals surface area contributed by atoms with Gasteiger partial charge in [-0.05, 0) is 37.9 Å². The number of benzene rings is 1. The third kappa shape index (κ3) is 3.50. The predicted molar refractivity (Wildman–Crippen MR) is 81.4 cm³/mol. The summed E-state index contributed by atoms with van der Waals surface area (Å²) in [5.41, 5.74) is 0.680. The summed E-state index contributed by atoms with van der Waals surface area (Å²) in [5.74, 6) is 0. The van der Waals surface area contributed by atoms with Crippen LogP contribution in [0.2, 0.25) is 0 Å². The van der Waals surface area contributed by atoms with Crippen molar-refractivity contribution in [2.45, 2.75) is 30.2 Å². The molecule has 1 aromatic rings. The van der Waals surface area contributed by atoms with E-state index in [9.17, 15) is 8.42 Å². The highest BCUT2D eigenvalue weighted by Crippen LogP contribution is 2.23. The molecule has 5 nitrogen and oxygen atoms in total. The van der Waals surface area contributed by atoms with Crippen LogP contribution < -0.4 is 10.6 Å². The molecule has 0 radical (unpaired) electrons. The first-order valence-corrected chi connectivity index (χ1v) is 8.44. The first-order chi connectivity index (χ1) is 9.51. The zero-order valence-electron chi connectivity index (χ0n) is 12.1. The van der Waals surface area contributed by atoms with Gasteiger partial charge in [-0.3, -0.25) is 0 Å². The molecule has 1 heterocycles. The molecule has 6 heteroatoms. The van der Waals surface area contributed by atoms with Crippen molar-refractivity contribution in [2.75, 3.05) is 32.5 Å². The molecule has 112 valence electrons. The van der Waals surface area contributed by atoms with E-state index in [4.69, 9.17) is 0 Å². The summed E-state index contributed by atoms with van der Waals surface area (Å²) in [6, 6.07) is 7.62. The summed E-state index contributed by atoms with van der Waals surface area (Å²) >= 11 is 0. The second kappa shape index (κ2) is 6.56. The highest BCUT2D eigenvalue weighted by atomic mass is 32.2. The van der Waals surface area contributed by atoms with E-state index in [1.165, 1.54) is 17.1 Å². The number of sulfonamides is 1. The average Bonchev–Trinajstić information content (AvgIpc) is 2.92. The van der Waals surface area contributed by atoms with E-state index in [0.29, 0.717) is 16.6 Å². The lowest BCUT2D eigenvalue weighted by Gasteiger charge is -2.17. The van der Waals surface area contributed by atoms with Crippen LogP contribution in [-0.4, -0.2) is 45.9 Å². The van der Waals surface area contributed by atoms with Crippen molar-refractivity contribution in [3.05, 3.63) is 24.3 Å². The molecule has 0 aliphatic carbocycles. The first kappa shape index (κ1) is 15.3. The van der Waals surface area contributed by atoms with E-state index in [1.54, 1.807) is 26.2 Å². The van der Waals surface area contributed by atoms with Gasteiger partial charge in [-0.15, -0.1) is 0 Å². The number of para-hydroxylation sites is 1. The van der Waals surface area contributed by atoms with Gasteiger partial charge < -0.3 is 10.6 Å². The van der Waals surface area contributed by atoms with Crippen molar-refractivity contribution in [1.82, 2.24) is 9.62 Å². The number of nitrogens with one attached hydrogen (secondary N) is 2. The fourth-order valence-corrected chi connectivity index (χ4v) is 3.48. The topological polar surface area (TPSA) is 61.4 Å². The number of hydrogen-bond acceptors (Lipinski definition) is 4. The van der Waals surface area contributed by atoms with Crippen LogP contribution >= 0.6 is 0 Å². The summed E-state index contributed by atoms with van der Waals surface area (Å²) in [6.07, 6.45) is 3.45. The van der Waals surface area contributed by atoms with E-state index in [-0.39, 0.29) is 0 Å². The van der Waals surface area contributed by atoms with Crippen molar-refractivity contribution in [1.29, 1.82) is 0 Å². The van der Waals surface area contributed by atoms with Crippen LogP contribution in [0.1, 0.15) is 19.3 Å². The molecule has 0 saturated carbocycles. The molecule has 1 aliphatic rings. The Morgan fingerprint density at radius 1 is 1.35 bits per heavy atom. The SMILES string of the molecule is CN(C)S(=O)(=O)c1ccccc1NCC[C@H]1CCCN1. The molecule has 1 saturated heterocycles. The standard InChI is InChI=1S/C14H23N3O2S/c1-17(2)20(18,19)14-8-4-3-7-13(14)16-11-9-12-6-5-10-15-12/h3-4,7-8,12,15-16H,5-6,9-11H2,1-2H3/t12-/m1/s1. The van der Waals surface area contributed by atoms with Crippen LogP contribution in [-0.2, 0) is 10.0 Å². The van der Waals surface area contributed by atoms with E-state index in [1.807, 2.05) is 12.1 Å². The molecule has 1 aromatic carbocycles. The zero-order chi connectivity index (χ0) is 14.6. The zero-order valence-corrected chi connectivity index (χ0v) is 12.9. The number of hydrogen-bond donors (Lipinski definition) is 2. The third-order valence-corrected chi connectivity index (χ3v) is 5.49. The highest BCUT2D eigenvalue weighted by molar-refractivity contribution is 7.89. The number of nitrogens with zero attached hydrogens (tertiary/aromatic N) is 1. The molecular formula is C14H23N3O2S. The van der Waals surface area contributed by atoms with Gasteiger partial charge in [0.15, 0.2) is 0 Å². The van der Waals surface area contributed by atoms with E-state index >= 15 is 0 Å². The molecule has 20 heavy (non-hydrogen) atoms. The minimum atomic E-state index is -3.40. The van der Waals surface area contributed by atoms with Crippen LogP contribution in [0.3, 0.4) is 0 Å². The lowest BCUT2D eigenvalue weighted by Crippen LogP contribution is -2.25. The largest absolute Gasteiger partial charge is 0.384 e. The lowest BCUT2D eigenvalue weighted by molar-refractivity contribution is 0.521. The normalized spacial score (nSPS) is 19.4. The van der Waals surface area contributed by atoms with Crippen molar-refractivity contribution in [3.8, 4) is 0 Å². The summed E-state index contributed by atoms with van der Waals surface area (Å²) in [7, 11) is -0.301. The molecule has 1 aliphatic heterocycles. The van der Waals surface area contributed by atoms with Crippen molar-refractivity contribution in [2.24, 2.45) is 0 Å². The second-order valence-corrected chi connectivity index (χ2v) is 7.41. The maximum Gasteiger partial charge on any atom is 0.244 e. The Morgan fingerprint density at radius 2 is 2.10 bits per heavy atom. The van der Waals surface area contributed by atoms with Gasteiger partial charge in [-0.2, -0.15) is 0 Å². The Bertz CT molecular complexity index is 537. The van der Waals surface area contributed by atoms with Crippen LogP contribution in [0.5, 0.6) is 0 Å². The molecule has 2 N–H and O–H groups in total. The average molecular weight is 297 g/mol. The third-order valence-electron chi connectivity index (χ3n) is 3.62. The fraction of sp³-hybridized carbons (Fsp3) is 0.571. The highest BCUT2D eigenvalue weighted by Gasteiger charge is 2.21. The summed E-state index contributed by atoms with van der Waals surface area (Å²) in [5, 5.41) is 6.69. The quantitative estimate of drug-likeness (QED) is 0.835. The van der Waals surface area contributed by atoms with Gasteiger partial charge in [0, 0.05) is 26.7 Å². The van der Waals surface area contributed by atoms with E-state index in [2.05, 4.69) is 10.6 Å². The minimum Gasteiger partial charge on any atom is -0.384 e. The van der Waals surface area contributed by atoms with Crippen molar-refractivity contribution in [3.63, 3.8) is 0 Å². The van der Waals surface area contributed by atoms with Gasteiger partial charge in [-0.25, -0.2) is 12.7 Å². The summed E-state index contributed by atoms with van der Waals surface area (Å²) < 4.78 is 25.7. The van der Waals surface area contributed by atoms with Gasteiger partial charge in [0.1, 0.15) is 4.90 Å². The number of rotatable bonds is 6. The monoisotopic (exact) mass is 297 g/mol. The molecular weight excluding hydrogens is 274 g/mol. The summed E-state index contributed by atoms with van der Waals surface area (Å²) in [4.78, 5) is 0.337. The Hall–Kier alpha value is -1.11. The maximum absolute atomic E-state index is 12.2. The van der Waals surface area contributed by atoms with Gasteiger partial charge in [-0.1, -0.05) is 12.1 Å². The van der Waals surface area contributed by atoms with Gasteiger partial charge >= 0.3 is 0 Å². The Morgan fingerprint density at radius 3 is 2.75 bits per heavy atom. The summed E-state index contributed by atoms with van der Waals surface area (Å²) in [6.45, 7) is 1.87. The molecule has 0 unspecified atom stereocenters. The molecule has 0 amide bonds. The minimum absolute atomic E-state index is 0.337. The molecule has 0 bridgehead atoms. The van der Waals surface area contributed by atoms with Crippen molar-refractivity contribution >= 4 is 15.7 Å². The fourth-order valence-electron chi connectivity index (χ4n) is 2.42. The lowest BCUT2D eigenvalue weighted by atomic mass is 10.1. The van der Waals surface area contributed by atoms with Crippen LogP contribution in [0.15, 0.2) is 29.2 Å². The van der Waals surface area contributed by atoms with Crippen LogP contribution in [0.25, 0.3) is 0 Å². The van der Waals surface area contributed by atoms with Gasteiger partial charge in [0.2, 0.25) is 10.0 Å². The Labute approximate surface area is 121 Å². The first-order valence-electron chi connectivity index (χ1n) is 7.00. The molecule has 0 aromatic heterocycles. The van der Waals surface area contributed by atoms with E-state index in [0.717, 1.165) is 19.5 Å². The second-order valence-electron chi connectivity index (χ2n) is 5.29. The predicted octanol–water partition coefficient (Wildman–Crippen LogP) is 1.49. The smallest absolute Gasteiger partial charge is 0.244 e.